The molecule has 2 aliphatic rings. The van der Waals surface area contributed by atoms with Crippen LogP contribution < -0.4 is 10.2 Å². The summed E-state index contributed by atoms with van der Waals surface area (Å²) < 4.78 is 0. The Bertz CT molecular complexity index is 932. The molecule has 1 aliphatic heterocycles. The lowest BCUT2D eigenvalue weighted by atomic mass is 9.89. The summed E-state index contributed by atoms with van der Waals surface area (Å²) in [6.07, 6.45) is 4.73. The number of piperazine rings is 1. The van der Waals surface area contributed by atoms with Crippen molar-refractivity contribution < 1.29 is 9.59 Å². The average Bonchev–Trinajstić information content (AvgIpc) is 2.78. The number of aryl methyl sites for hydroxylation is 3. The zero-order valence-corrected chi connectivity index (χ0v) is 18.0. The summed E-state index contributed by atoms with van der Waals surface area (Å²) >= 11 is 0. The molecule has 1 unspecified atom stereocenters. The third-order valence-corrected chi connectivity index (χ3v) is 6.35. The van der Waals surface area contributed by atoms with Crippen LogP contribution in [-0.2, 0) is 22.4 Å². The fraction of sp³-hybridized carbons (Fsp3) is 0.440. The summed E-state index contributed by atoms with van der Waals surface area (Å²) in [6.45, 7) is 6.63. The van der Waals surface area contributed by atoms with Crippen molar-refractivity contribution >= 4 is 17.5 Å². The van der Waals surface area contributed by atoms with Gasteiger partial charge in [0, 0.05) is 31.9 Å². The molecule has 1 saturated heterocycles. The minimum Gasteiger partial charge on any atom is -0.368 e. The first-order valence-electron chi connectivity index (χ1n) is 11.0. The number of hydrogen-bond acceptors (Lipinski definition) is 3. The smallest absolute Gasteiger partial charge is 0.312 e. The molecule has 1 heterocycles. The highest BCUT2D eigenvalue weighted by Gasteiger charge is 2.27. The van der Waals surface area contributed by atoms with Crippen LogP contribution >= 0.6 is 0 Å². The molecule has 2 aromatic carbocycles. The summed E-state index contributed by atoms with van der Waals surface area (Å²) in [5, 5.41) is 2.91. The number of hydrogen-bond donors (Lipinski definition) is 1. The second-order valence-corrected chi connectivity index (χ2v) is 8.55. The van der Waals surface area contributed by atoms with E-state index >= 15 is 0 Å². The van der Waals surface area contributed by atoms with Crippen LogP contribution in [0.15, 0.2) is 42.5 Å². The number of nitrogens with one attached hydrogen (secondary N) is 1. The Labute approximate surface area is 179 Å². The van der Waals surface area contributed by atoms with Crippen LogP contribution in [0.5, 0.6) is 0 Å². The van der Waals surface area contributed by atoms with Gasteiger partial charge in [0.1, 0.15) is 0 Å². The van der Waals surface area contributed by atoms with E-state index in [4.69, 9.17) is 0 Å². The maximum absolute atomic E-state index is 12.7. The molecule has 5 nitrogen and oxygen atoms in total. The van der Waals surface area contributed by atoms with Crippen molar-refractivity contribution in [2.24, 2.45) is 0 Å². The van der Waals surface area contributed by atoms with E-state index in [1.54, 1.807) is 4.90 Å². The van der Waals surface area contributed by atoms with Gasteiger partial charge < -0.3 is 15.1 Å². The molecule has 30 heavy (non-hydrogen) atoms. The lowest BCUT2D eigenvalue weighted by Gasteiger charge is -2.36. The zero-order valence-electron chi connectivity index (χ0n) is 18.0. The second-order valence-electron chi connectivity index (χ2n) is 8.55. The molecule has 0 bridgehead atoms. The van der Waals surface area contributed by atoms with Gasteiger partial charge in [0.05, 0.1) is 6.04 Å². The number of rotatable bonds is 3. The van der Waals surface area contributed by atoms with Crippen molar-refractivity contribution in [2.45, 2.75) is 45.6 Å². The van der Waals surface area contributed by atoms with Gasteiger partial charge in [-0.3, -0.25) is 9.59 Å². The summed E-state index contributed by atoms with van der Waals surface area (Å²) in [7, 11) is 0. The summed E-state index contributed by atoms with van der Waals surface area (Å²) in [5.74, 6) is -0.937. The fourth-order valence-electron chi connectivity index (χ4n) is 4.50. The number of amides is 2. The minimum atomic E-state index is -0.510. The van der Waals surface area contributed by atoms with E-state index in [1.807, 2.05) is 6.92 Å². The van der Waals surface area contributed by atoms with Crippen LogP contribution in [-0.4, -0.2) is 42.9 Å². The van der Waals surface area contributed by atoms with Gasteiger partial charge in [-0.05, 0) is 73.9 Å². The van der Waals surface area contributed by atoms with Crippen LogP contribution in [0.2, 0.25) is 0 Å². The van der Waals surface area contributed by atoms with Crippen molar-refractivity contribution in [2.75, 3.05) is 31.1 Å². The summed E-state index contributed by atoms with van der Waals surface area (Å²) in [4.78, 5) is 29.2. The third kappa shape index (κ3) is 4.50. The number of fused-ring (bicyclic) bond motifs is 1. The monoisotopic (exact) mass is 405 g/mol. The lowest BCUT2D eigenvalue weighted by Crippen LogP contribution is -2.52. The molecule has 0 radical (unpaired) electrons. The van der Waals surface area contributed by atoms with E-state index in [2.05, 4.69) is 59.6 Å². The molecule has 1 N–H and O–H groups in total. The van der Waals surface area contributed by atoms with Gasteiger partial charge in [-0.2, -0.15) is 0 Å². The predicted molar refractivity (Wildman–Crippen MR) is 120 cm³/mol. The molecule has 1 fully saturated rings. The zero-order chi connectivity index (χ0) is 21.1. The van der Waals surface area contributed by atoms with Crippen molar-refractivity contribution in [3.05, 3.63) is 64.7 Å². The maximum atomic E-state index is 12.7. The number of nitrogens with zero attached hydrogens (tertiary/aromatic N) is 2. The number of anilines is 1. The average molecular weight is 406 g/mol. The van der Waals surface area contributed by atoms with E-state index in [9.17, 15) is 9.59 Å². The Morgan fingerprint density at radius 2 is 1.67 bits per heavy atom. The van der Waals surface area contributed by atoms with Crippen LogP contribution in [0.1, 0.15) is 48.1 Å². The molecular weight excluding hydrogens is 374 g/mol. The molecule has 0 saturated carbocycles. The molecule has 2 aromatic rings. The molecule has 5 heteroatoms. The van der Waals surface area contributed by atoms with Gasteiger partial charge in [0.25, 0.3) is 0 Å². The van der Waals surface area contributed by atoms with Gasteiger partial charge in [-0.25, -0.2) is 0 Å². The summed E-state index contributed by atoms with van der Waals surface area (Å²) in [6, 6.07) is 14.7. The van der Waals surface area contributed by atoms with Crippen LogP contribution in [0, 0.1) is 6.92 Å². The normalized spacial score (nSPS) is 17.3. The van der Waals surface area contributed by atoms with Crippen molar-refractivity contribution in [3.63, 3.8) is 0 Å². The van der Waals surface area contributed by atoms with Crippen LogP contribution in [0.25, 0.3) is 0 Å². The van der Waals surface area contributed by atoms with E-state index in [0.29, 0.717) is 13.1 Å². The van der Waals surface area contributed by atoms with Crippen molar-refractivity contribution in [1.29, 1.82) is 0 Å². The SMILES string of the molecule is Cc1cccc(N2CCN(C(=O)C(=O)NC(C)c3ccc4c(c3)CCCC4)CC2)c1. The van der Waals surface area contributed by atoms with E-state index in [0.717, 1.165) is 31.5 Å². The molecule has 0 aromatic heterocycles. The van der Waals surface area contributed by atoms with Crippen molar-refractivity contribution in [3.8, 4) is 0 Å². The Morgan fingerprint density at radius 1 is 0.933 bits per heavy atom. The Kier molecular flexibility index (Phi) is 6.07. The molecule has 4 rings (SSSR count). The largest absolute Gasteiger partial charge is 0.368 e. The molecule has 1 aliphatic carbocycles. The van der Waals surface area contributed by atoms with Gasteiger partial charge in [-0.15, -0.1) is 0 Å². The topological polar surface area (TPSA) is 52.7 Å². The first-order valence-corrected chi connectivity index (χ1v) is 11.0. The highest BCUT2D eigenvalue weighted by atomic mass is 16.2. The Balaban J connectivity index is 1.32. The fourth-order valence-corrected chi connectivity index (χ4v) is 4.50. The molecule has 0 spiro atoms. The quantitative estimate of drug-likeness (QED) is 0.797. The highest BCUT2D eigenvalue weighted by molar-refractivity contribution is 6.35. The van der Waals surface area contributed by atoms with Crippen LogP contribution in [0.4, 0.5) is 5.69 Å². The first-order chi connectivity index (χ1) is 14.5. The Hall–Kier alpha value is -2.82. The lowest BCUT2D eigenvalue weighted by molar-refractivity contribution is -0.146. The van der Waals surface area contributed by atoms with Gasteiger partial charge >= 0.3 is 11.8 Å². The van der Waals surface area contributed by atoms with E-state index < -0.39 is 11.8 Å². The number of carbonyl (C=O) groups excluding carboxylic acids is 2. The second kappa shape index (κ2) is 8.90. The summed E-state index contributed by atoms with van der Waals surface area (Å²) in [5.41, 5.74) is 6.28. The maximum Gasteiger partial charge on any atom is 0.312 e. The predicted octanol–water partition coefficient (Wildman–Crippen LogP) is 3.40. The molecule has 158 valence electrons. The molecular formula is C25H31N3O2. The molecule has 2 amide bonds. The van der Waals surface area contributed by atoms with Crippen LogP contribution in [0.3, 0.4) is 0 Å². The Morgan fingerprint density at radius 3 is 2.40 bits per heavy atom. The molecule has 1 atom stereocenters. The number of carbonyl (C=O) groups is 2. The standard InChI is InChI=1S/C25H31N3O2/c1-18-6-5-9-23(16-18)27-12-14-28(15-13-27)25(30)24(29)26-19(2)21-11-10-20-7-3-4-8-22(20)17-21/h5-6,9-11,16-17,19H,3-4,7-8,12-15H2,1-2H3,(H,26,29). The van der Waals surface area contributed by atoms with Gasteiger partial charge in [0.15, 0.2) is 0 Å². The van der Waals surface area contributed by atoms with E-state index in [1.165, 1.54) is 35.2 Å². The highest BCUT2D eigenvalue weighted by Crippen LogP contribution is 2.25. The van der Waals surface area contributed by atoms with E-state index in [-0.39, 0.29) is 6.04 Å². The minimum absolute atomic E-state index is 0.178. The number of benzene rings is 2. The van der Waals surface area contributed by atoms with Crippen molar-refractivity contribution in [1.82, 2.24) is 10.2 Å². The third-order valence-electron chi connectivity index (χ3n) is 6.35. The van der Waals surface area contributed by atoms with Gasteiger partial charge in [-0.1, -0.05) is 30.3 Å². The first kappa shape index (κ1) is 20.5. The van der Waals surface area contributed by atoms with Gasteiger partial charge in [0.2, 0.25) is 0 Å².